The SMILES string of the molecule is Cc1c(CN=C(N)NC2CCC2)n(C)c2ccccc12. The second kappa shape index (κ2) is 5.19. The maximum Gasteiger partial charge on any atom is 0.189 e. The van der Waals surface area contributed by atoms with Gasteiger partial charge in [-0.05, 0) is 37.8 Å². The summed E-state index contributed by atoms with van der Waals surface area (Å²) in [7, 11) is 2.09. The first-order valence-electron chi connectivity index (χ1n) is 7.26. The molecule has 0 amide bonds. The summed E-state index contributed by atoms with van der Waals surface area (Å²) in [6, 6.07) is 8.99. The molecule has 1 heterocycles. The van der Waals surface area contributed by atoms with Crippen LogP contribution in [0.1, 0.15) is 30.5 Å². The minimum atomic E-state index is 0.535. The van der Waals surface area contributed by atoms with Crippen LogP contribution in [-0.4, -0.2) is 16.6 Å². The van der Waals surface area contributed by atoms with Crippen LogP contribution in [0.5, 0.6) is 0 Å². The number of guanidine groups is 1. The van der Waals surface area contributed by atoms with E-state index >= 15 is 0 Å². The summed E-state index contributed by atoms with van der Waals surface area (Å²) in [4.78, 5) is 4.50. The van der Waals surface area contributed by atoms with Crippen LogP contribution in [0.4, 0.5) is 0 Å². The number of para-hydroxylation sites is 1. The molecule has 0 spiro atoms. The normalized spacial score (nSPS) is 16.4. The van der Waals surface area contributed by atoms with Crippen molar-refractivity contribution in [1.29, 1.82) is 0 Å². The Kier molecular flexibility index (Phi) is 3.38. The van der Waals surface area contributed by atoms with Gasteiger partial charge in [0.05, 0.1) is 6.54 Å². The fourth-order valence-electron chi connectivity index (χ4n) is 2.83. The molecule has 20 heavy (non-hydrogen) atoms. The quantitative estimate of drug-likeness (QED) is 0.665. The zero-order chi connectivity index (χ0) is 14.1. The van der Waals surface area contributed by atoms with Crippen molar-refractivity contribution in [3.63, 3.8) is 0 Å². The highest BCUT2D eigenvalue weighted by molar-refractivity contribution is 5.85. The third kappa shape index (κ3) is 2.26. The fourth-order valence-corrected chi connectivity index (χ4v) is 2.83. The maximum atomic E-state index is 5.96. The summed E-state index contributed by atoms with van der Waals surface area (Å²) in [6.07, 6.45) is 3.72. The number of fused-ring (bicyclic) bond motifs is 1. The summed E-state index contributed by atoms with van der Waals surface area (Å²) in [6.45, 7) is 2.78. The van der Waals surface area contributed by atoms with Crippen molar-refractivity contribution < 1.29 is 0 Å². The summed E-state index contributed by atoms with van der Waals surface area (Å²) in [5.74, 6) is 0.569. The van der Waals surface area contributed by atoms with Crippen molar-refractivity contribution in [2.75, 3.05) is 0 Å². The van der Waals surface area contributed by atoms with Crippen molar-refractivity contribution in [3.05, 3.63) is 35.5 Å². The molecule has 4 heteroatoms. The average Bonchev–Trinajstić information content (AvgIpc) is 2.65. The summed E-state index contributed by atoms with van der Waals surface area (Å²) >= 11 is 0. The lowest BCUT2D eigenvalue weighted by molar-refractivity contribution is 0.382. The number of rotatable bonds is 3. The molecular formula is C16H22N4. The van der Waals surface area contributed by atoms with Crippen LogP contribution in [-0.2, 0) is 13.6 Å². The van der Waals surface area contributed by atoms with Gasteiger partial charge in [-0.15, -0.1) is 0 Å². The van der Waals surface area contributed by atoms with Crippen LogP contribution in [0, 0.1) is 6.92 Å². The number of benzene rings is 1. The first-order valence-corrected chi connectivity index (χ1v) is 7.26. The average molecular weight is 270 g/mol. The Bertz CT molecular complexity index is 611. The maximum absolute atomic E-state index is 5.96. The van der Waals surface area contributed by atoms with E-state index in [4.69, 9.17) is 5.73 Å². The highest BCUT2D eigenvalue weighted by Gasteiger charge is 2.17. The minimum absolute atomic E-state index is 0.535. The van der Waals surface area contributed by atoms with E-state index < -0.39 is 0 Å². The number of nitrogens with zero attached hydrogens (tertiary/aromatic N) is 2. The molecule has 2 aromatic rings. The van der Waals surface area contributed by atoms with Crippen LogP contribution < -0.4 is 11.1 Å². The largest absolute Gasteiger partial charge is 0.370 e. The first kappa shape index (κ1) is 13.0. The van der Waals surface area contributed by atoms with Crippen molar-refractivity contribution >= 4 is 16.9 Å². The predicted molar refractivity (Wildman–Crippen MR) is 83.8 cm³/mol. The second-order valence-electron chi connectivity index (χ2n) is 5.62. The molecule has 1 aliphatic rings. The Balaban J connectivity index is 1.81. The van der Waals surface area contributed by atoms with E-state index in [0.29, 0.717) is 18.5 Å². The molecule has 0 unspecified atom stereocenters. The number of hydrogen-bond acceptors (Lipinski definition) is 1. The van der Waals surface area contributed by atoms with E-state index in [9.17, 15) is 0 Å². The monoisotopic (exact) mass is 270 g/mol. The third-order valence-corrected chi connectivity index (χ3v) is 4.36. The first-order chi connectivity index (χ1) is 9.66. The Morgan fingerprint density at radius 3 is 2.80 bits per heavy atom. The number of nitrogens with one attached hydrogen (secondary N) is 1. The minimum Gasteiger partial charge on any atom is -0.370 e. The van der Waals surface area contributed by atoms with Gasteiger partial charge in [-0.3, -0.25) is 0 Å². The Labute approximate surface area is 119 Å². The van der Waals surface area contributed by atoms with Gasteiger partial charge in [0.15, 0.2) is 5.96 Å². The zero-order valence-electron chi connectivity index (χ0n) is 12.2. The van der Waals surface area contributed by atoms with Gasteiger partial charge < -0.3 is 15.6 Å². The van der Waals surface area contributed by atoms with Crippen LogP contribution in [0.2, 0.25) is 0 Å². The number of nitrogens with two attached hydrogens (primary N) is 1. The van der Waals surface area contributed by atoms with Gasteiger partial charge >= 0.3 is 0 Å². The van der Waals surface area contributed by atoms with Gasteiger partial charge in [0.2, 0.25) is 0 Å². The van der Waals surface area contributed by atoms with E-state index in [1.165, 1.54) is 41.4 Å². The van der Waals surface area contributed by atoms with Crippen LogP contribution in [0.15, 0.2) is 29.3 Å². The lowest BCUT2D eigenvalue weighted by Gasteiger charge is -2.26. The highest BCUT2D eigenvalue weighted by atomic mass is 15.1. The van der Waals surface area contributed by atoms with Crippen molar-refractivity contribution in [1.82, 2.24) is 9.88 Å². The van der Waals surface area contributed by atoms with Crippen molar-refractivity contribution in [2.45, 2.75) is 38.8 Å². The smallest absolute Gasteiger partial charge is 0.189 e. The fraction of sp³-hybridized carbons (Fsp3) is 0.438. The zero-order valence-corrected chi connectivity index (χ0v) is 12.2. The van der Waals surface area contributed by atoms with Crippen molar-refractivity contribution in [3.8, 4) is 0 Å². The molecule has 0 atom stereocenters. The number of hydrogen-bond donors (Lipinski definition) is 2. The van der Waals surface area contributed by atoms with E-state index in [-0.39, 0.29) is 0 Å². The third-order valence-electron chi connectivity index (χ3n) is 4.36. The van der Waals surface area contributed by atoms with E-state index in [1.54, 1.807) is 0 Å². The summed E-state index contributed by atoms with van der Waals surface area (Å²) in [5, 5.41) is 4.57. The molecule has 1 aromatic carbocycles. The molecule has 0 bridgehead atoms. The van der Waals surface area contributed by atoms with E-state index in [2.05, 4.69) is 53.1 Å². The number of aliphatic imine (C=N–C) groups is 1. The van der Waals surface area contributed by atoms with Crippen LogP contribution >= 0.6 is 0 Å². The molecule has 1 saturated carbocycles. The molecule has 3 N–H and O–H groups in total. The van der Waals surface area contributed by atoms with Gasteiger partial charge in [-0.1, -0.05) is 18.2 Å². The standard InChI is InChI=1S/C16H22N4/c1-11-13-8-3-4-9-14(13)20(2)15(11)10-18-16(17)19-12-6-5-7-12/h3-4,8-9,12H,5-7,10H2,1-2H3,(H3,17,18,19). The number of aryl methyl sites for hydroxylation is 2. The van der Waals surface area contributed by atoms with Gasteiger partial charge in [0.1, 0.15) is 0 Å². The summed E-state index contributed by atoms with van der Waals surface area (Å²) < 4.78 is 2.21. The molecule has 1 aliphatic carbocycles. The molecule has 0 saturated heterocycles. The van der Waals surface area contributed by atoms with Gasteiger partial charge in [0.25, 0.3) is 0 Å². The Morgan fingerprint density at radius 2 is 2.15 bits per heavy atom. The molecule has 3 rings (SSSR count). The topological polar surface area (TPSA) is 55.3 Å². The Hall–Kier alpha value is -1.97. The van der Waals surface area contributed by atoms with Crippen LogP contribution in [0.25, 0.3) is 10.9 Å². The number of aromatic nitrogens is 1. The van der Waals surface area contributed by atoms with Gasteiger partial charge in [0, 0.05) is 29.7 Å². The van der Waals surface area contributed by atoms with Gasteiger partial charge in [-0.25, -0.2) is 4.99 Å². The van der Waals surface area contributed by atoms with E-state index in [1.807, 2.05) is 0 Å². The van der Waals surface area contributed by atoms with Gasteiger partial charge in [-0.2, -0.15) is 0 Å². The Morgan fingerprint density at radius 1 is 1.40 bits per heavy atom. The highest BCUT2D eigenvalue weighted by Crippen LogP contribution is 2.24. The molecule has 0 aliphatic heterocycles. The lowest BCUT2D eigenvalue weighted by atomic mass is 9.93. The van der Waals surface area contributed by atoms with Crippen molar-refractivity contribution in [2.24, 2.45) is 17.8 Å². The molecule has 1 aromatic heterocycles. The van der Waals surface area contributed by atoms with E-state index in [0.717, 1.165) is 0 Å². The molecule has 1 fully saturated rings. The van der Waals surface area contributed by atoms with Crippen LogP contribution in [0.3, 0.4) is 0 Å². The summed E-state index contributed by atoms with van der Waals surface area (Å²) in [5.41, 5.74) is 9.73. The molecule has 0 radical (unpaired) electrons. The molecular weight excluding hydrogens is 248 g/mol. The molecule has 106 valence electrons. The predicted octanol–water partition coefficient (Wildman–Crippen LogP) is 2.44. The molecule has 4 nitrogen and oxygen atoms in total. The second-order valence-corrected chi connectivity index (χ2v) is 5.62. The lowest BCUT2D eigenvalue weighted by Crippen LogP contribution is -2.43.